The van der Waals surface area contributed by atoms with E-state index >= 15 is 0 Å². The number of amides is 1. The quantitative estimate of drug-likeness (QED) is 0.546. The van der Waals surface area contributed by atoms with E-state index in [0.29, 0.717) is 6.41 Å². The highest BCUT2D eigenvalue weighted by molar-refractivity contribution is 9.10. The molecule has 1 rings (SSSR count). The van der Waals surface area contributed by atoms with Gasteiger partial charge in [-0.2, -0.15) is 0 Å². The van der Waals surface area contributed by atoms with Crippen LogP contribution in [0.4, 0.5) is 5.69 Å². The number of benzene rings is 1. The summed E-state index contributed by atoms with van der Waals surface area (Å²) in [5, 5.41) is 0. The number of hydrogen-bond donors (Lipinski definition) is 0. The Kier molecular flexibility index (Phi) is 2.65. The van der Waals surface area contributed by atoms with Crippen LogP contribution in [0.25, 0.3) is 0 Å². The fourth-order valence-electron chi connectivity index (χ4n) is 0.748. The summed E-state index contributed by atoms with van der Waals surface area (Å²) in [6.07, 6.45) is 0.713. The Hall–Kier alpha value is -0.830. The van der Waals surface area contributed by atoms with E-state index in [2.05, 4.69) is 16.1 Å². The molecule has 0 atom stereocenters. The Labute approximate surface area is 74.2 Å². The first kappa shape index (κ1) is 8.27. The zero-order valence-electron chi connectivity index (χ0n) is 6.12. The van der Waals surface area contributed by atoms with Gasteiger partial charge in [-0.05, 0) is 19.1 Å². The average Bonchev–Trinajstić information content (AvgIpc) is 2.05. The number of carbonyl (C=O) groups is 1. The van der Waals surface area contributed by atoms with Gasteiger partial charge < -0.3 is 0 Å². The molecule has 1 aromatic rings. The Morgan fingerprint density at radius 3 is 2.36 bits per heavy atom. The van der Waals surface area contributed by atoms with Gasteiger partial charge in [0, 0.05) is 0 Å². The highest BCUT2D eigenvalue weighted by Crippen LogP contribution is 2.15. The summed E-state index contributed by atoms with van der Waals surface area (Å²) in [6.45, 7) is 2.00. The van der Waals surface area contributed by atoms with Crippen molar-refractivity contribution in [2.75, 3.05) is 3.93 Å². The molecule has 0 fully saturated rings. The summed E-state index contributed by atoms with van der Waals surface area (Å²) in [5.74, 6) is 0. The van der Waals surface area contributed by atoms with Crippen LogP contribution in [0.3, 0.4) is 0 Å². The Morgan fingerprint density at radius 2 is 1.91 bits per heavy atom. The smallest absolute Gasteiger partial charge is 0.224 e. The van der Waals surface area contributed by atoms with E-state index in [9.17, 15) is 4.79 Å². The topological polar surface area (TPSA) is 20.3 Å². The van der Waals surface area contributed by atoms with Gasteiger partial charge >= 0.3 is 0 Å². The molecular weight excluding hydrogens is 206 g/mol. The molecule has 2 nitrogen and oxygen atoms in total. The van der Waals surface area contributed by atoms with Crippen molar-refractivity contribution in [2.45, 2.75) is 6.92 Å². The molecule has 58 valence electrons. The maximum atomic E-state index is 10.3. The molecule has 0 aliphatic carbocycles. The first-order chi connectivity index (χ1) is 5.24. The second-order valence-electron chi connectivity index (χ2n) is 2.25. The average molecular weight is 214 g/mol. The van der Waals surface area contributed by atoms with Gasteiger partial charge in [-0.25, -0.2) is 3.93 Å². The predicted octanol–water partition coefficient (Wildman–Crippen LogP) is 2.27. The van der Waals surface area contributed by atoms with Crippen molar-refractivity contribution < 1.29 is 4.79 Å². The van der Waals surface area contributed by atoms with E-state index < -0.39 is 0 Å². The zero-order valence-corrected chi connectivity index (χ0v) is 7.71. The number of carbonyl (C=O) groups excluding carboxylic acids is 1. The minimum atomic E-state index is 0.713. The van der Waals surface area contributed by atoms with Gasteiger partial charge in [-0.1, -0.05) is 17.7 Å². The molecule has 0 heterocycles. The fraction of sp³-hybridized carbons (Fsp3) is 0.125. The number of halogens is 1. The van der Waals surface area contributed by atoms with Crippen molar-refractivity contribution in [3.8, 4) is 0 Å². The summed E-state index contributed by atoms with van der Waals surface area (Å²) in [7, 11) is 0. The van der Waals surface area contributed by atoms with Crippen LogP contribution in [0.2, 0.25) is 0 Å². The van der Waals surface area contributed by atoms with Gasteiger partial charge in [0.1, 0.15) is 0 Å². The monoisotopic (exact) mass is 213 g/mol. The first-order valence-corrected chi connectivity index (χ1v) is 3.92. The molecule has 1 amide bonds. The van der Waals surface area contributed by atoms with Crippen LogP contribution in [0.15, 0.2) is 24.3 Å². The summed E-state index contributed by atoms with van der Waals surface area (Å²) in [5.41, 5.74) is 2.02. The van der Waals surface area contributed by atoms with Crippen LogP contribution in [0.5, 0.6) is 0 Å². The number of hydrogen-bond acceptors (Lipinski definition) is 1. The van der Waals surface area contributed by atoms with E-state index in [4.69, 9.17) is 0 Å². The number of aryl methyl sites for hydroxylation is 1. The summed E-state index contributed by atoms with van der Waals surface area (Å²) in [4.78, 5) is 10.3. The lowest BCUT2D eigenvalue weighted by molar-refractivity contribution is -0.106. The molecule has 0 aliphatic heterocycles. The maximum absolute atomic E-state index is 10.3. The molecule has 0 N–H and O–H groups in total. The molecule has 0 bridgehead atoms. The Bertz CT molecular complexity index is 245. The zero-order chi connectivity index (χ0) is 8.27. The normalized spacial score (nSPS) is 9.27. The minimum Gasteiger partial charge on any atom is -0.277 e. The molecule has 0 aliphatic rings. The van der Waals surface area contributed by atoms with Crippen LogP contribution in [0, 0.1) is 6.92 Å². The molecule has 0 aromatic heterocycles. The molecule has 0 spiro atoms. The number of nitrogens with zero attached hydrogens (tertiary/aromatic N) is 1. The third kappa shape index (κ3) is 2.05. The Morgan fingerprint density at radius 1 is 1.36 bits per heavy atom. The largest absolute Gasteiger partial charge is 0.277 e. The molecule has 3 heteroatoms. The number of rotatable bonds is 2. The molecule has 0 unspecified atom stereocenters. The van der Waals surface area contributed by atoms with Crippen LogP contribution < -0.4 is 3.93 Å². The predicted molar refractivity (Wildman–Crippen MR) is 48.6 cm³/mol. The van der Waals surface area contributed by atoms with Crippen molar-refractivity contribution in [3.05, 3.63) is 29.8 Å². The number of anilines is 1. The standard InChI is InChI=1S/C8H8BrNO/c1-7-2-4-8(5-3-7)10(9)6-11/h2-6H,1H3. The lowest BCUT2D eigenvalue weighted by atomic mass is 10.2. The summed E-state index contributed by atoms with van der Waals surface area (Å²) >= 11 is 3.07. The van der Waals surface area contributed by atoms with E-state index in [1.165, 1.54) is 9.49 Å². The second kappa shape index (κ2) is 3.53. The van der Waals surface area contributed by atoms with Gasteiger partial charge in [-0.3, -0.25) is 4.79 Å². The van der Waals surface area contributed by atoms with Gasteiger partial charge in [0.05, 0.1) is 21.8 Å². The summed E-state index contributed by atoms with van der Waals surface area (Å²) in [6, 6.07) is 7.65. The van der Waals surface area contributed by atoms with Crippen LogP contribution >= 0.6 is 16.1 Å². The molecule has 0 saturated carbocycles. The first-order valence-electron chi connectivity index (χ1n) is 3.21. The molecule has 1 aromatic carbocycles. The lowest BCUT2D eigenvalue weighted by Crippen LogP contribution is -2.04. The SMILES string of the molecule is Cc1ccc(N(Br)C=O)cc1. The molecule has 0 radical (unpaired) electrons. The molecular formula is C8H8BrNO. The van der Waals surface area contributed by atoms with Gasteiger partial charge in [0.25, 0.3) is 0 Å². The summed E-state index contributed by atoms with van der Waals surface area (Å²) < 4.78 is 1.35. The van der Waals surface area contributed by atoms with E-state index in [1.54, 1.807) is 0 Å². The lowest BCUT2D eigenvalue weighted by Gasteiger charge is -2.06. The minimum absolute atomic E-state index is 0.713. The van der Waals surface area contributed by atoms with Crippen molar-refractivity contribution in [3.63, 3.8) is 0 Å². The highest BCUT2D eigenvalue weighted by Gasteiger charge is 1.97. The third-order valence-corrected chi connectivity index (χ3v) is 1.95. The maximum Gasteiger partial charge on any atom is 0.224 e. The fourth-order valence-corrected chi connectivity index (χ4v) is 0.984. The molecule has 0 saturated heterocycles. The van der Waals surface area contributed by atoms with E-state index in [-0.39, 0.29) is 0 Å². The van der Waals surface area contributed by atoms with Crippen molar-refractivity contribution >= 4 is 28.2 Å². The van der Waals surface area contributed by atoms with Crippen LogP contribution in [-0.2, 0) is 4.79 Å². The van der Waals surface area contributed by atoms with Gasteiger partial charge in [-0.15, -0.1) is 0 Å². The Balaban J connectivity index is 2.89. The van der Waals surface area contributed by atoms with Crippen molar-refractivity contribution in [1.29, 1.82) is 0 Å². The third-order valence-electron chi connectivity index (χ3n) is 1.37. The second-order valence-corrected chi connectivity index (χ2v) is 3.02. The van der Waals surface area contributed by atoms with E-state index in [0.717, 1.165) is 5.69 Å². The molecule has 11 heavy (non-hydrogen) atoms. The van der Waals surface area contributed by atoms with Crippen molar-refractivity contribution in [1.82, 2.24) is 0 Å². The highest BCUT2D eigenvalue weighted by atomic mass is 79.9. The van der Waals surface area contributed by atoms with Crippen LogP contribution in [0.1, 0.15) is 5.56 Å². The van der Waals surface area contributed by atoms with Crippen molar-refractivity contribution in [2.24, 2.45) is 0 Å². The van der Waals surface area contributed by atoms with Crippen LogP contribution in [-0.4, -0.2) is 6.41 Å². The van der Waals surface area contributed by atoms with Gasteiger partial charge in [0.15, 0.2) is 0 Å². The van der Waals surface area contributed by atoms with E-state index in [1.807, 2.05) is 31.2 Å². The van der Waals surface area contributed by atoms with Gasteiger partial charge in [0.2, 0.25) is 6.41 Å².